The Morgan fingerprint density at radius 2 is 1.94 bits per heavy atom. The van der Waals surface area contributed by atoms with Gasteiger partial charge >= 0.3 is 0 Å². The van der Waals surface area contributed by atoms with Crippen molar-refractivity contribution in [1.82, 2.24) is 0 Å². The van der Waals surface area contributed by atoms with E-state index in [1.807, 2.05) is 0 Å². The Morgan fingerprint density at radius 3 is 2.69 bits per heavy atom. The number of Topliss-reactive ketones (excluding diaryl/α,β-unsaturated/α-hetero) is 1. The van der Waals surface area contributed by atoms with Gasteiger partial charge in [0.25, 0.3) is 10.0 Å². The molecular formula is C26H22F2N2O4S. The lowest BCUT2D eigenvalue weighted by Gasteiger charge is -2.36. The van der Waals surface area contributed by atoms with Crippen molar-refractivity contribution >= 4 is 21.5 Å². The monoisotopic (exact) mass is 496 g/mol. The molecule has 6 nitrogen and oxygen atoms in total. The number of aryl methyl sites for hydroxylation is 1. The highest BCUT2D eigenvalue weighted by Crippen LogP contribution is 2.41. The van der Waals surface area contributed by atoms with Gasteiger partial charge in [-0.2, -0.15) is 5.26 Å². The number of sulfonamides is 1. The third kappa shape index (κ3) is 5.17. The van der Waals surface area contributed by atoms with E-state index in [9.17, 15) is 22.0 Å². The van der Waals surface area contributed by atoms with Crippen molar-refractivity contribution in [2.45, 2.75) is 37.2 Å². The van der Waals surface area contributed by atoms with Crippen LogP contribution in [-0.4, -0.2) is 26.8 Å². The molecule has 0 unspecified atom stereocenters. The average molecular weight is 497 g/mol. The van der Waals surface area contributed by atoms with Gasteiger partial charge in [-0.1, -0.05) is 18.2 Å². The van der Waals surface area contributed by atoms with Crippen molar-refractivity contribution in [3.63, 3.8) is 0 Å². The number of ketones is 1. The van der Waals surface area contributed by atoms with E-state index in [0.29, 0.717) is 0 Å². The summed E-state index contributed by atoms with van der Waals surface area (Å²) in [4.78, 5) is 11.9. The molecule has 0 fully saturated rings. The van der Waals surface area contributed by atoms with Crippen molar-refractivity contribution < 1.29 is 26.7 Å². The van der Waals surface area contributed by atoms with Gasteiger partial charge in [0.05, 0.1) is 29.6 Å². The van der Waals surface area contributed by atoms with Crippen molar-refractivity contribution in [2.75, 3.05) is 10.8 Å². The average Bonchev–Trinajstić information content (AvgIpc) is 2.83. The largest absolute Gasteiger partial charge is 0.486 e. The Kier molecular flexibility index (Phi) is 6.85. The predicted molar refractivity (Wildman–Crippen MR) is 126 cm³/mol. The quantitative estimate of drug-likeness (QED) is 0.451. The highest BCUT2D eigenvalue weighted by Gasteiger charge is 2.35. The van der Waals surface area contributed by atoms with Gasteiger partial charge in [-0.25, -0.2) is 17.2 Å². The smallest absolute Gasteiger partial charge is 0.264 e. The lowest BCUT2D eigenvalue weighted by molar-refractivity contribution is -0.118. The molecule has 35 heavy (non-hydrogen) atoms. The van der Waals surface area contributed by atoms with Crippen LogP contribution >= 0.6 is 0 Å². The summed E-state index contributed by atoms with van der Waals surface area (Å²) in [5.74, 6) is -1.29. The van der Waals surface area contributed by atoms with E-state index in [1.54, 1.807) is 31.2 Å². The zero-order valence-corrected chi connectivity index (χ0v) is 19.7. The van der Waals surface area contributed by atoms with Crippen molar-refractivity contribution in [2.24, 2.45) is 0 Å². The van der Waals surface area contributed by atoms with Gasteiger partial charge in [0.2, 0.25) is 0 Å². The summed E-state index contributed by atoms with van der Waals surface area (Å²) in [6.45, 7) is 1.69. The highest BCUT2D eigenvalue weighted by molar-refractivity contribution is 7.92. The standard InChI is InChI=1S/C26H22F2N2O4S/c1-17-3-2-4-22(13-17)35(32,33)30-16-21(8-7-20(31)11-12-29)34-26-10-5-18(14-25(26)30)23-15-19(27)6-9-24(23)28/h2-6,9-10,13-15,21H,7-8,11,16H2,1H3/t21-/m0/s1. The van der Waals surface area contributed by atoms with Crippen LogP contribution < -0.4 is 9.04 Å². The van der Waals surface area contributed by atoms with E-state index in [1.165, 1.54) is 28.6 Å². The van der Waals surface area contributed by atoms with E-state index < -0.39 is 27.8 Å². The zero-order valence-electron chi connectivity index (χ0n) is 18.9. The number of nitriles is 1. The second-order valence-electron chi connectivity index (χ2n) is 8.31. The molecule has 0 aliphatic carbocycles. The Bertz CT molecular complexity index is 1430. The molecule has 3 aromatic rings. The molecule has 9 heteroatoms. The fraction of sp³-hybridized carbons (Fsp3) is 0.231. The van der Waals surface area contributed by atoms with Gasteiger partial charge in [0, 0.05) is 12.0 Å². The van der Waals surface area contributed by atoms with Crippen molar-refractivity contribution in [3.8, 4) is 22.9 Å². The molecule has 180 valence electrons. The number of benzene rings is 3. The predicted octanol–water partition coefficient (Wildman–Crippen LogP) is 5.16. The molecular weight excluding hydrogens is 474 g/mol. The molecule has 1 aliphatic heterocycles. The van der Waals surface area contributed by atoms with Gasteiger partial charge in [-0.15, -0.1) is 0 Å². The highest BCUT2D eigenvalue weighted by atomic mass is 32.2. The van der Waals surface area contributed by atoms with Gasteiger partial charge in [-0.05, 0) is 66.9 Å². The molecule has 1 aliphatic rings. The number of rotatable bonds is 7. The first-order valence-electron chi connectivity index (χ1n) is 10.9. The summed E-state index contributed by atoms with van der Waals surface area (Å²) in [6, 6.07) is 15.8. The number of hydrogen-bond donors (Lipinski definition) is 0. The summed E-state index contributed by atoms with van der Waals surface area (Å²) in [5.41, 5.74) is 1.22. The minimum absolute atomic E-state index is 0.00933. The molecule has 1 heterocycles. The van der Waals surface area contributed by atoms with Gasteiger partial charge < -0.3 is 4.74 Å². The summed E-state index contributed by atoms with van der Waals surface area (Å²) >= 11 is 0. The van der Waals surface area contributed by atoms with Crippen LogP contribution in [0, 0.1) is 29.9 Å². The van der Waals surface area contributed by atoms with Crippen LogP contribution in [0.1, 0.15) is 24.8 Å². The summed E-state index contributed by atoms with van der Waals surface area (Å²) < 4.78 is 62.8. The lowest BCUT2D eigenvalue weighted by atomic mass is 10.0. The summed E-state index contributed by atoms with van der Waals surface area (Å²) in [6.07, 6.45) is -0.572. The first-order chi connectivity index (χ1) is 16.7. The van der Waals surface area contributed by atoms with Crippen LogP contribution in [0.5, 0.6) is 5.75 Å². The van der Waals surface area contributed by atoms with Gasteiger partial charge in [0.1, 0.15) is 29.3 Å². The Morgan fingerprint density at radius 1 is 1.14 bits per heavy atom. The molecule has 1 atom stereocenters. The Hall–Kier alpha value is -3.77. The third-order valence-corrected chi connectivity index (χ3v) is 7.50. The van der Waals surface area contributed by atoms with Gasteiger partial charge in [0.15, 0.2) is 0 Å². The molecule has 3 aromatic carbocycles. The maximum absolute atomic E-state index is 14.4. The number of nitrogens with zero attached hydrogens (tertiary/aromatic N) is 2. The Labute approximate surface area is 202 Å². The van der Waals surface area contributed by atoms with Crippen LogP contribution in [0.3, 0.4) is 0 Å². The lowest BCUT2D eigenvalue weighted by Crippen LogP contribution is -2.43. The number of ether oxygens (including phenoxy) is 1. The summed E-state index contributed by atoms with van der Waals surface area (Å²) in [7, 11) is -4.05. The summed E-state index contributed by atoms with van der Waals surface area (Å²) in [5, 5.41) is 8.72. The van der Waals surface area contributed by atoms with Crippen LogP contribution in [0.2, 0.25) is 0 Å². The molecule has 0 amide bonds. The second kappa shape index (κ2) is 9.84. The molecule has 0 radical (unpaired) electrons. The maximum atomic E-state index is 14.4. The van der Waals surface area contributed by atoms with Gasteiger partial charge in [-0.3, -0.25) is 9.10 Å². The SMILES string of the molecule is Cc1cccc(S(=O)(=O)N2C[C@H](CCC(=O)CC#N)Oc3ccc(-c4cc(F)ccc4F)cc32)c1. The normalized spacial score (nSPS) is 15.1. The van der Waals surface area contributed by atoms with Crippen LogP contribution in [0.25, 0.3) is 11.1 Å². The number of carbonyl (C=O) groups is 1. The van der Waals surface area contributed by atoms with E-state index in [4.69, 9.17) is 10.00 Å². The van der Waals surface area contributed by atoms with Crippen LogP contribution in [0.15, 0.2) is 65.6 Å². The number of fused-ring (bicyclic) bond motifs is 1. The van der Waals surface area contributed by atoms with Crippen LogP contribution in [-0.2, 0) is 14.8 Å². The first-order valence-corrected chi connectivity index (χ1v) is 12.4. The molecule has 0 bridgehead atoms. The minimum atomic E-state index is -4.05. The molecule has 4 rings (SSSR count). The first kappa shape index (κ1) is 24.4. The fourth-order valence-electron chi connectivity index (χ4n) is 3.98. The number of carbonyl (C=O) groups excluding carboxylic acids is 1. The molecule has 0 saturated carbocycles. The topological polar surface area (TPSA) is 87.5 Å². The minimum Gasteiger partial charge on any atom is -0.486 e. The molecule has 0 N–H and O–H groups in total. The number of halogens is 2. The zero-order chi connectivity index (χ0) is 25.2. The second-order valence-corrected chi connectivity index (χ2v) is 10.2. The molecule has 0 spiro atoms. The third-order valence-electron chi connectivity index (χ3n) is 5.73. The van der Waals surface area contributed by atoms with Crippen molar-refractivity contribution in [1.29, 1.82) is 5.26 Å². The van der Waals surface area contributed by atoms with E-state index >= 15 is 0 Å². The van der Waals surface area contributed by atoms with Crippen molar-refractivity contribution in [3.05, 3.63) is 77.9 Å². The molecule has 0 aromatic heterocycles. The van der Waals surface area contributed by atoms with E-state index in [0.717, 1.165) is 23.8 Å². The van der Waals surface area contributed by atoms with E-state index in [2.05, 4.69) is 0 Å². The fourth-order valence-corrected chi connectivity index (χ4v) is 5.58. The number of hydrogen-bond acceptors (Lipinski definition) is 5. The molecule has 0 saturated heterocycles. The van der Waals surface area contributed by atoms with E-state index in [-0.39, 0.29) is 59.0 Å². The number of anilines is 1. The van der Waals surface area contributed by atoms with Crippen LogP contribution in [0.4, 0.5) is 14.5 Å². The Balaban J connectivity index is 1.78. The maximum Gasteiger partial charge on any atom is 0.264 e.